The highest BCUT2D eigenvalue weighted by Crippen LogP contribution is 2.43. The quantitative estimate of drug-likeness (QED) is 0.107. The molecule has 262 valence electrons. The van der Waals surface area contributed by atoms with Crippen LogP contribution in [0.25, 0.3) is 0 Å². The molecule has 6 atom stereocenters. The molecule has 1 unspecified atom stereocenters. The summed E-state index contributed by atoms with van der Waals surface area (Å²) in [5.41, 5.74) is 7.87. The number of carboxylic acid groups (broad SMARTS) is 3. The molecule has 15 heteroatoms. The summed E-state index contributed by atoms with van der Waals surface area (Å²) in [6.45, 7) is 3.92. The minimum Gasteiger partial charge on any atom is -0.481 e. The Labute approximate surface area is 277 Å². The van der Waals surface area contributed by atoms with Gasteiger partial charge in [0.05, 0.1) is 31.7 Å². The number of amides is 1. The highest BCUT2D eigenvalue weighted by Gasteiger charge is 2.51. The molecule has 0 bridgehead atoms. The Kier molecular flexibility index (Phi) is 14.0. The van der Waals surface area contributed by atoms with Crippen LogP contribution in [0.1, 0.15) is 44.2 Å². The Morgan fingerprint density at radius 2 is 1.52 bits per heavy atom. The lowest BCUT2D eigenvalue weighted by Crippen LogP contribution is -2.54. The molecule has 1 heterocycles. The molecule has 0 spiro atoms. The van der Waals surface area contributed by atoms with E-state index in [2.05, 4.69) is 0 Å². The monoisotopic (exact) mass is 674 g/mol. The molecule has 2 aromatic carbocycles. The van der Waals surface area contributed by atoms with Gasteiger partial charge in [0, 0.05) is 24.8 Å². The average Bonchev–Trinajstić information content (AvgIpc) is 3.03. The van der Waals surface area contributed by atoms with Gasteiger partial charge in [-0.25, -0.2) is 9.59 Å². The highest BCUT2D eigenvalue weighted by molar-refractivity contribution is 5.77. The molecule has 1 aliphatic rings. The maximum absolute atomic E-state index is 12.8. The molecule has 0 aliphatic carbocycles. The summed E-state index contributed by atoms with van der Waals surface area (Å²) in [6, 6.07) is 14.3. The number of methoxy groups -OCH3 is 1. The number of hydrogen-bond donors (Lipinski definition) is 4. The number of aliphatic carboxylic acids is 3. The average molecular weight is 675 g/mol. The fourth-order valence-electron chi connectivity index (χ4n) is 5.62. The second-order valence-corrected chi connectivity index (χ2v) is 11.4. The van der Waals surface area contributed by atoms with Crippen molar-refractivity contribution in [2.45, 2.75) is 64.6 Å². The van der Waals surface area contributed by atoms with Crippen LogP contribution in [0.2, 0.25) is 0 Å². The highest BCUT2D eigenvalue weighted by atomic mass is 16.7. The van der Waals surface area contributed by atoms with Gasteiger partial charge in [0.2, 0.25) is 6.29 Å². The fourth-order valence-corrected chi connectivity index (χ4v) is 5.62. The number of nitrogens with two attached hydrogens (primary N) is 1. The first kappa shape index (κ1) is 37.6. The van der Waals surface area contributed by atoms with Crippen LogP contribution in [-0.4, -0.2) is 89.1 Å². The van der Waals surface area contributed by atoms with Crippen molar-refractivity contribution >= 4 is 35.7 Å². The molecule has 1 amide bonds. The van der Waals surface area contributed by atoms with Crippen molar-refractivity contribution in [2.75, 3.05) is 26.1 Å². The number of esters is 1. The largest absolute Gasteiger partial charge is 0.481 e. The van der Waals surface area contributed by atoms with Crippen molar-refractivity contribution in [3.8, 4) is 5.75 Å². The number of ether oxygens (including phenoxy) is 5. The van der Waals surface area contributed by atoms with Gasteiger partial charge < -0.3 is 44.7 Å². The summed E-state index contributed by atoms with van der Waals surface area (Å²) >= 11 is 0. The van der Waals surface area contributed by atoms with Crippen LogP contribution < -0.4 is 10.5 Å². The molecule has 0 saturated carbocycles. The first-order valence-corrected chi connectivity index (χ1v) is 15.3. The number of benzene rings is 2. The lowest BCUT2D eigenvalue weighted by Gasteiger charge is -2.44. The number of nitrogen functional groups attached to an aromatic ring is 1. The molecule has 48 heavy (non-hydrogen) atoms. The van der Waals surface area contributed by atoms with E-state index in [-0.39, 0.29) is 30.9 Å². The van der Waals surface area contributed by atoms with E-state index in [1.165, 1.54) is 17.0 Å². The van der Waals surface area contributed by atoms with Crippen LogP contribution in [-0.2, 0) is 51.2 Å². The van der Waals surface area contributed by atoms with Crippen LogP contribution >= 0.6 is 0 Å². The second-order valence-electron chi connectivity index (χ2n) is 11.4. The normalized spacial score (nSPS) is 21.0. The summed E-state index contributed by atoms with van der Waals surface area (Å²) in [5, 5.41) is 28.7. The molecule has 1 aliphatic heterocycles. The van der Waals surface area contributed by atoms with Crippen molar-refractivity contribution in [3.63, 3.8) is 0 Å². The van der Waals surface area contributed by atoms with Gasteiger partial charge in [-0.2, -0.15) is 0 Å². The van der Waals surface area contributed by atoms with Gasteiger partial charge in [0.15, 0.2) is 6.10 Å². The predicted molar refractivity (Wildman–Crippen MR) is 168 cm³/mol. The van der Waals surface area contributed by atoms with E-state index < -0.39 is 79.4 Å². The van der Waals surface area contributed by atoms with Crippen LogP contribution in [0.3, 0.4) is 0 Å². The third kappa shape index (κ3) is 10.8. The number of carboxylic acids is 3. The molecule has 3 rings (SSSR count). The standard InChI is InChI=1S/C33H42N2O13/c1-4-35(18-46-19(2)12-20-8-6-5-7-9-20)33(43)45-17-21-10-11-26(25(34)13-21)47-32-24(16-29(40)41)22(14-27(36)37)23(15-28(38)39)30(48-32)31(42)44-3/h5-11,13,19,22-24,30,32H,4,12,14-18,34H2,1-3H3,(H,36,37)(H,38,39)(H,40,41)/t19?,22-,23-,24+,30-,32+/m0/s1. The van der Waals surface area contributed by atoms with E-state index in [1.807, 2.05) is 37.3 Å². The molecule has 1 saturated heterocycles. The Balaban J connectivity index is 1.71. The zero-order valence-electron chi connectivity index (χ0n) is 27.0. The number of rotatable bonds is 17. The van der Waals surface area contributed by atoms with E-state index in [1.54, 1.807) is 13.0 Å². The smallest absolute Gasteiger partial charge is 0.411 e. The minimum atomic E-state index is -1.56. The summed E-state index contributed by atoms with van der Waals surface area (Å²) in [6.07, 6.45) is -5.12. The zero-order valence-corrected chi connectivity index (χ0v) is 27.0. The zero-order chi connectivity index (χ0) is 35.4. The minimum absolute atomic E-state index is 0.0100. The predicted octanol–water partition coefficient (Wildman–Crippen LogP) is 3.38. The molecule has 1 fully saturated rings. The van der Waals surface area contributed by atoms with E-state index in [0.717, 1.165) is 12.7 Å². The van der Waals surface area contributed by atoms with Gasteiger partial charge in [-0.05, 0) is 49.4 Å². The van der Waals surface area contributed by atoms with E-state index in [0.29, 0.717) is 18.5 Å². The lowest BCUT2D eigenvalue weighted by molar-refractivity contribution is -0.233. The van der Waals surface area contributed by atoms with Crippen LogP contribution in [0, 0.1) is 17.8 Å². The number of hydrogen-bond acceptors (Lipinski definition) is 11. The summed E-state index contributed by atoms with van der Waals surface area (Å²) in [5.74, 6) is -8.49. The maximum atomic E-state index is 12.8. The molecule has 0 radical (unpaired) electrons. The summed E-state index contributed by atoms with van der Waals surface area (Å²) < 4.78 is 27.8. The topological polar surface area (TPSA) is 221 Å². The summed E-state index contributed by atoms with van der Waals surface area (Å²) in [4.78, 5) is 62.0. The van der Waals surface area contributed by atoms with Crippen molar-refractivity contribution < 1.29 is 63.0 Å². The van der Waals surface area contributed by atoms with Crippen molar-refractivity contribution in [2.24, 2.45) is 17.8 Å². The molecule has 5 N–H and O–H groups in total. The third-order valence-electron chi connectivity index (χ3n) is 7.98. The first-order chi connectivity index (χ1) is 22.8. The summed E-state index contributed by atoms with van der Waals surface area (Å²) in [7, 11) is 1.05. The molecule has 2 aromatic rings. The maximum Gasteiger partial charge on any atom is 0.411 e. The van der Waals surface area contributed by atoms with Crippen molar-refractivity contribution in [1.29, 1.82) is 0 Å². The van der Waals surface area contributed by atoms with E-state index in [9.17, 15) is 39.3 Å². The Hall–Kier alpha value is -4.89. The third-order valence-corrected chi connectivity index (χ3v) is 7.98. The number of carbonyl (C=O) groups excluding carboxylic acids is 2. The van der Waals surface area contributed by atoms with E-state index in [4.69, 9.17) is 29.4 Å². The van der Waals surface area contributed by atoms with Gasteiger partial charge in [-0.1, -0.05) is 36.4 Å². The molecular weight excluding hydrogens is 632 g/mol. The van der Waals surface area contributed by atoms with Gasteiger partial charge in [-0.15, -0.1) is 0 Å². The Morgan fingerprint density at radius 3 is 2.10 bits per heavy atom. The van der Waals surface area contributed by atoms with Crippen molar-refractivity contribution in [1.82, 2.24) is 4.90 Å². The van der Waals surface area contributed by atoms with Crippen molar-refractivity contribution in [3.05, 3.63) is 59.7 Å². The molecular formula is C33H42N2O13. The number of carbonyl (C=O) groups is 5. The SMILES string of the molecule is CCN(COC(C)Cc1ccccc1)C(=O)OCc1ccc(O[C@@H]2O[C@H](C(=O)OC)[C@@H](CC(=O)O)[C@H](CC(=O)O)[C@H]2CC(=O)O)c(N)c1. The van der Waals surface area contributed by atoms with Crippen LogP contribution in [0.5, 0.6) is 5.75 Å². The number of nitrogens with zero attached hydrogens (tertiary/aromatic N) is 1. The first-order valence-electron chi connectivity index (χ1n) is 15.3. The van der Waals surface area contributed by atoms with Crippen LogP contribution in [0.4, 0.5) is 10.5 Å². The lowest BCUT2D eigenvalue weighted by atomic mass is 9.71. The van der Waals surface area contributed by atoms with E-state index >= 15 is 0 Å². The fraction of sp³-hybridized carbons (Fsp3) is 0.485. The van der Waals surface area contributed by atoms with Gasteiger partial charge >= 0.3 is 30.0 Å². The van der Waals surface area contributed by atoms with Crippen LogP contribution in [0.15, 0.2) is 48.5 Å². The molecule has 0 aromatic heterocycles. The van der Waals surface area contributed by atoms with Gasteiger partial charge in [-0.3, -0.25) is 19.3 Å². The Bertz CT molecular complexity index is 1420. The number of anilines is 1. The Morgan fingerprint density at radius 1 is 0.896 bits per heavy atom. The van der Waals surface area contributed by atoms with Gasteiger partial charge in [0.25, 0.3) is 0 Å². The van der Waals surface area contributed by atoms with Gasteiger partial charge in [0.1, 0.15) is 19.1 Å². The molecule has 15 nitrogen and oxygen atoms in total. The second kappa shape index (κ2) is 17.9.